The Balaban J connectivity index is 1.68. The van der Waals surface area contributed by atoms with Gasteiger partial charge in [-0.1, -0.05) is 18.2 Å². The fourth-order valence-corrected chi connectivity index (χ4v) is 4.08. The van der Waals surface area contributed by atoms with E-state index in [1.54, 1.807) is 18.2 Å². The van der Waals surface area contributed by atoms with Gasteiger partial charge in [-0.3, -0.25) is 0 Å². The molecule has 0 aromatic heterocycles. The first-order chi connectivity index (χ1) is 12.9. The second kappa shape index (κ2) is 8.39. The smallest absolute Gasteiger partial charge is 0.422 e. The summed E-state index contributed by atoms with van der Waals surface area (Å²) in [6.45, 7) is -0.899. The lowest BCUT2D eigenvalue weighted by Gasteiger charge is -2.26. The van der Waals surface area contributed by atoms with Gasteiger partial charge in [-0.15, -0.1) is 11.8 Å². The van der Waals surface area contributed by atoms with Gasteiger partial charge in [0.2, 0.25) is 0 Å². The van der Waals surface area contributed by atoms with Crippen molar-refractivity contribution in [3.05, 3.63) is 53.3 Å². The first-order valence-corrected chi connectivity index (χ1v) is 9.37. The Labute approximate surface area is 159 Å². The number of rotatable bonds is 6. The van der Waals surface area contributed by atoms with E-state index in [1.165, 1.54) is 31.0 Å². The Morgan fingerprint density at radius 1 is 1.19 bits per heavy atom. The predicted octanol–water partition coefficient (Wildman–Crippen LogP) is 5.10. The number of halogens is 4. The van der Waals surface area contributed by atoms with Crippen molar-refractivity contribution in [3.8, 4) is 11.5 Å². The van der Waals surface area contributed by atoms with Crippen LogP contribution in [0.2, 0.25) is 0 Å². The third-order valence-corrected chi connectivity index (χ3v) is 5.36. The molecule has 146 valence electrons. The van der Waals surface area contributed by atoms with E-state index in [1.807, 2.05) is 6.07 Å². The molecule has 0 spiro atoms. The van der Waals surface area contributed by atoms with Crippen LogP contribution in [0, 0.1) is 5.82 Å². The van der Waals surface area contributed by atoms with E-state index in [-0.39, 0.29) is 23.4 Å². The average Bonchev–Trinajstić information content (AvgIpc) is 2.64. The summed E-state index contributed by atoms with van der Waals surface area (Å²) in [6, 6.07) is 9.88. The van der Waals surface area contributed by atoms with Crippen molar-refractivity contribution < 1.29 is 27.0 Å². The molecule has 0 bridgehead atoms. The third kappa shape index (κ3) is 5.07. The minimum Gasteiger partial charge on any atom is -0.493 e. The fraction of sp³-hybridized carbons (Fsp3) is 0.368. The second-order valence-corrected chi connectivity index (χ2v) is 7.22. The Hall–Kier alpha value is -1.93. The largest absolute Gasteiger partial charge is 0.493 e. The van der Waals surface area contributed by atoms with Gasteiger partial charge in [-0.25, -0.2) is 4.39 Å². The van der Waals surface area contributed by atoms with E-state index < -0.39 is 12.8 Å². The molecule has 0 saturated heterocycles. The van der Waals surface area contributed by atoms with Crippen LogP contribution in [-0.2, 0) is 6.54 Å². The van der Waals surface area contributed by atoms with Gasteiger partial charge in [0.15, 0.2) is 18.1 Å². The zero-order valence-electron chi connectivity index (χ0n) is 14.6. The van der Waals surface area contributed by atoms with E-state index in [2.05, 4.69) is 5.32 Å². The number of nitrogens with one attached hydrogen (secondary N) is 1. The highest BCUT2D eigenvalue weighted by molar-refractivity contribution is 7.99. The molecule has 3 nitrogen and oxygen atoms in total. The predicted molar refractivity (Wildman–Crippen MR) is 95.9 cm³/mol. The molecule has 1 aliphatic heterocycles. The van der Waals surface area contributed by atoms with Gasteiger partial charge < -0.3 is 14.8 Å². The van der Waals surface area contributed by atoms with Gasteiger partial charge >= 0.3 is 6.18 Å². The summed E-state index contributed by atoms with van der Waals surface area (Å²) in [4.78, 5) is 0.676. The van der Waals surface area contributed by atoms with Crippen LogP contribution >= 0.6 is 11.8 Å². The van der Waals surface area contributed by atoms with Gasteiger partial charge in [0, 0.05) is 17.5 Å². The van der Waals surface area contributed by atoms with Crippen LogP contribution in [0.25, 0.3) is 0 Å². The molecular weight excluding hydrogens is 382 g/mol. The summed E-state index contributed by atoms with van der Waals surface area (Å²) < 4.78 is 60.9. The molecule has 1 N–H and O–H groups in total. The maximum Gasteiger partial charge on any atom is 0.422 e. The lowest BCUT2D eigenvalue weighted by atomic mass is 10.0. The summed E-state index contributed by atoms with van der Waals surface area (Å²) in [5, 5.41) is 3.39. The number of hydrogen-bond acceptors (Lipinski definition) is 4. The maximum atomic E-state index is 13.9. The molecule has 2 aromatic rings. The van der Waals surface area contributed by atoms with Crippen LogP contribution in [0.15, 0.2) is 41.3 Å². The standard InChI is InChI=1S/C19H19F4NO2S/c1-25-17-9-12(5-6-16(17)26-11-19(21,22)23)10-24-15-7-8-27-18-13(15)3-2-4-14(18)20/h2-6,9,15,24H,7-8,10-11H2,1H3. The number of methoxy groups -OCH3 is 1. The summed E-state index contributed by atoms with van der Waals surface area (Å²) in [6.07, 6.45) is -3.54. The number of fused-ring (bicyclic) bond motifs is 1. The van der Waals surface area contributed by atoms with Crippen molar-refractivity contribution >= 4 is 11.8 Å². The highest BCUT2D eigenvalue weighted by Crippen LogP contribution is 2.38. The van der Waals surface area contributed by atoms with Gasteiger partial charge in [-0.05, 0) is 41.5 Å². The van der Waals surface area contributed by atoms with E-state index in [0.29, 0.717) is 11.4 Å². The molecular formula is C19H19F4NO2S. The summed E-state index contributed by atoms with van der Waals surface area (Å²) in [5.74, 6) is 0.889. The van der Waals surface area contributed by atoms with E-state index in [0.717, 1.165) is 23.3 Å². The molecule has 0 amide bonds. The lowest BCUT2D eigenvalue weighted by Crippen LogP contribution is -2.24. The minimum absolute atomic E-state index is 0.0177. The number of thioether (sulfide) groups is 1. The van der Waals surface area contributed by atoms with E-state index in [9.17, 15) is 17.6 Å². The molecule has 0 radical (unpaired) electrons. The van der Waals surface area contributed by atoms with Gasteiger partial charge in [0.25, 0.3) is 0 Å². The molecule has 3 rings (SSSR count). The lowest BCUT2D eigenvalue weighted by molar-refractivity contribution is -0.153. The van der Waals surface area contributed by atoms with Gasteiger partial charge in [0.1, 0.15) is 5.82 Å². The molecule has 0 fully saturated rings. The van der Waals surface area contributed by atoms with Crippen LogP contribution in [0.1, 0.15) is 23.6 Å². The van der Waals surface area contributed by atoms with Crippen LogP contribution < -0.4 is 14.8 Å². The Morgan fingerprint density at radius 3 is 2.74 bits per heavy atom. The van der Waals surface area contributed by atoms with Gasteiger partial charge in [-0.2, -0.15) is 13.2 Å². The van der Waals surface area contributed by atoms with Crippen molar-refractivity contribution in [2.24, 2.45) is 0 Å². The SMILES string of the molecule is COc1cc(CNC2CCSc3c(F)cccc32)ccc1OCC(F)(F)F. The second-order valence-electron chi connectivity index (χ2n) is 6.12. The minimum atomic E-state index is -4.41. The third-order valence-electron chi connectivity index (χ3n) is 4.20. The molecule has 1 aliphatic rings. The monoisotopic (exact) mass is 401 g/mol. The van der Waals surface area contributed by atoms with Crippen molar-refractivity contribution in [1.82, 2.24) is 5.32 Å². The average molecular weight is 401 g/mol. The van der Waals surface area contributed by atoms with Crippen LogP contribution in [0.4, 0.5) is 17.6 Å². The molecule has 27 heavy (non-hydrogen) atoms. The number of benzene rings is 2. The van der Waals surface area contributed by atoms with Crippen molar-refractivity contribution in [1.29, 1.82) is 0 Å². The number of ether oxygens (including phenoxy) is 2. The highest BCUT2D eigenvalue weighted by Gasteiger charge is 2.29. The summed E-state index contributed by atoms with van der Waals surface area (Å²) >= 11 is 1.51. The molecule has 0 saturated carbocycles. The molecule has 1 unspecified atom stereocenters. The highest BCUT2D eigenvalue weighted by atomic mass is 32.2. The Kier molecular flexibility index (Phi) is 6.16. The maximum absolute atomic E-state index is 13.9. The zero-order valence-corrected chi connectivity index (χ0v) is 15.4. The first kappa shape index (κ1) is 19.8. The molecule has 1 heterocycles. The van der Waals surface area contributed by atoms with Crippen LogP contribution in [-0.4, -0.2) is 25.6 Å². The Morgan fingerprint density at radius 2 is 2.00 bits per heavy atom. The van der Waals surface area contributed by atoms with Crippen molar-refractivity contribution in [3.63, 3.8) is 0 Å². The van der Waals surface area contributed by atoms with Crippen molar-refractivity contribution in [2.75, 3.05) is 19.5 Å². The van der Waals surface area contributed by atoms with Crippen LogP contribution in [0.3, 0.4) is 0 Å². The quantitative estimate of drug-likeness (QED) is 0.682. The first-order valence-electron chi connectivity index (χ1n) is 8.38. The Bertz CT molecular complexity index is 798. The summed E-state index contributed by atoms with van der Waals surface area (Å²) in [7, 11) is 1.38. The zero-order chi connectivity index (χ0) is 19.4. The van der Waals surface area contributed by atoms with E-state index in [4.69, 9.17) is 9.47 Å². The van der Waals surface area contributed by atoms with E-state index >= 15 is 0 Å². The molecule has 8 heteroatoms. The van der Waals surface area contributed by atoms with Crippen LogP contribution in [0.5, 0.6) is 11.5 Å². The normalized spacial score (nSPS) is 16.7. The van der Waals surface area contributed by atoms with Gasteiger partial charge in [0.05, 0.1) is 7.11 Å². The molecule has 2 aromatic carbocycles. The number of alkyl halides is 3. The molecule has 1 atom stereocenters. The topological polar surface area (TPSA) is 30.5 Å². The van der Waals surface area contributed by atoms with Crippen molar-refractivity contribution in [2.45, 2.75) is 30.1 Å². The fourth-order valence-electron chi connectivity index (χ4n) is 2.94. The molecule has 0 aliphatic carbocycles. The summed E-state index contributed by atoms with van der Waals surface area (Å²) in [5.41, 5.74) is 1.77. The number of hydrogen-bond donors (Lipinski definition) is 1.